The first-order chi connectivity index (χ1) is 10.5. The molecular formula is C15H20ClN5S. The molecule has 1 aliphatic heterocycles. The van der Waals surface area contributed by atoms with E-state index in [0.717, 1.165) is 54.8 Å². The van der Waals surface area contributed by atoms with Crippen LogP contribution in [0.25, 0.3) is 5.69 Å². The van der Waals surface area contributed by atoms with Gasteiger partial charge in [-0.05, 0) is 43.9 Å². The maximum atomic E-state index is 6.25. The lowest BCUT2D eigenvalue weighted by atomic mass is 10.2. The van der Waals surface area contributed by atoms with Crippen molar-refractivity contribution in [1.82, 2.24) is 24.6 Å². The number of likely N-dealkylation sites (N-methyl/N-ethyl adjacent to an activating group) is 1. The van der Waals surface area contributed by atoms with Crippen LogP contribution in [-0.4, -0.2) is 57.8 Å². The van der Waals surface area contributed by atoms with Gasteiger partial charge in [0.25, 0.3) is 0 Å². The highest BCUT2D eigenvalue weighted by molar-refractivity contribution is 7.71. The molecule has 0 saturated carbocycles. The molecule has 1 saturated heterocycles. The summed E-state index contributed by atoms with van der Waals surface area (Å²) < 4.78 is 2.57. The van der Waals surface area contributed by atoms with Crippen molar-refractivity contribution < 1.29 is 0 Å². The molecule has 5 nitrogen and oxygen atoms in total. The van der Waals surface area contributed by atoms with Gasteiger partial charge in [-0.3, -0.25) is 14.6 Å². The van der Waals surface area contributed by atoms with Crippen LogP contribution in [0.2, 0.25) is 5.02 Å². The Bertz CT molecular complexity index is 715. The molecule has 3 rings (SSSR count). The van der Waals surface area contributed by atoms with Gasteiger partial charge in [0, 0.05) is 31.2 Å². The topological polar surface area (TPSA) is 40.1 Å². The second kappa shape index (κ2) is 6.50. The van der Waals surface area contributed by atoms with Gasteiger partial charge in [0.1, 0.15) is 5.82 Å². The fourth-order valence-corrected chi connectivity index (χ4v) is 3.06. The number of nitrogens with zero attached hydrogens (tertiary/aromatic N) is 4. The van der Waals surface area contributed by atoms with Gasteiger partial charge in [-0.1, -0.05) is 17.7 Å². The van der Waals surface area contributed by atoms with Crippen LogP contribution in [-0.2, 0) is 6.54 Å². The molecule has 0 bridgehead atoms. The number of piperazine rings is 1. The van der Waals surface area contributed by atoms with Crippen LogP contribution >= 0.6 is 23.8 Å². The fourth-order valence-electron chi connectivity index (χ4n) is 2.63. The third kappa shape index (κ3) is 3.25. The predicted octanol–water partition coefficient (Wildman–Crippen LogP) is 2.64. The number of nitrogens with one attached hydrogen (secondary N) is 1. The van der Waals surface area contributed by atoms with E-state index in [0.29, 0.717) is 4.77 Å². The number of aromatic nitrogens is 3. The van der Waals surface area contributed by atoms with Gasteiger partial charge >= 0.3 is 0 Å². The summed E-state index contributed by atoms with van der Waals surface area (Å²) in [6, 6.07) is 5.97. The summed E-state index contributed by atoms with van der Waals surface area (Å²) in [6.45, 7) is 7.04. The van der Waals surface area contributed by atoms with Crippen LogP contribution < -0.4 is 0 Å². The standard InChI is InChI=1S/C15H20ClN5S/c1-11-3-4-12(9-13(11)16)21-14(17-18-15(21)22)10-20-7-5-19(2)6-8-20/h3-4,9H,5-8,10H2,1-2H3,(H,18,22). The molecule has 0 aliphatic carbocycles. The van der Waals surface area contributed by atoms with E-state index in [9.17, 15) is 0 Å². The molecule has 0 spiro atoms. The van der Waals surface area contributed by atoms with Crippen molar-refractivity contribution in [1.29, 1.82) is 0 Å². The molecule has 0 radical (unpaired) electrons. The van der Waals surface area contributed by atoms with Crippen molar-refractivity contribution in [3.05, 3.63) is 39.4 Å². The summed E-state index contributed by atoms with van der Waals surface area (Å²) in [6.07, 6.45) is 0. The molecule has 7 heteroatoms. The zero-order chi connectivity index (χ0) is 15.7. The molecule has 1 aromatic carbocycles. The summed E-state index contributed by atoms with van der Waals surface area (Å²) in [7, 11) is 2.15. The predicted molar refractivity (Wildman–Crippen MR) is 91.3 cm³/mol. The Balaban J connectivity index is 1.87. The van der Waals surface area contributed by atoms with Gasteiger partial charge in [-0.15, -0.1) is 0 Å². The maximum Gasteiger partial charge on any atom is 0.199 e. The van der Waals surface area contributed by atoms with Gasteiger partial charge in [0.05, 0.1) is 12.2 Å². The maximum absolute atomic E-state index is 6.25. The second-order valence-electron chi connectivity index (χ2n) is 5.79. The minimum Gasteiger partial charge on any atom is -0.304 e. The molecule has 22 heavy (non-hydrogen) atoms. The average Bonchev–Trinajstić information content (AvgIpc) is 2.85. The molecule has 1 aliphatic rings. The van der Waals surface area contributed by atoms with E-state index in [1.165, 1.54) is 0 Å². The SMILES string of the molecule is Cc1ccc(-n2c(CN3CCN(C)CC3)n[nH]c2=S)cc1Cl. The van der Waals surface area contributed by atoms with Gasteiger partial charge in [0.15, 0.2) is 4.77 Å². The Labute approximate surface area is 140 Å². The molecule has 1 aromatic heterocycles. The third-order valence-electron chi connectivity index (χ3n) is 4.12. The van der Waals surface area contributed by atoms with E-state index in [1.807, 2.05) is 29.7 Å². The van der Waals surface area contributed by atoms with Gasteiger partial charge < -0.3 is 4.90 Å². The van der Waals surface area contributed by atoms with E-state index in [4.69, 9.17) is 23.8 Å². The minimum absolute atomic E-state index is 0.601. The van der Waals surface area contributed by atoms with Gasteiger partial charge in [-0.25, -0.2) is 0 Å². The fraction of sp³-hybridized carbons (Fsp3) is 0.467. The molecule has 1 fully saturated rings. The van der Waals surface area contributed by atoms with E-state index in [1.54, 1.807) is 0 Å². The second-order valence-corrected chi connectivity index (χ2v) is 6.59. The highest BCUT2D eigenvalue weighted by atomic mass is 35.5. The zero-order valence-corrected chi connectivity index (χ0v) is 14.4. The van der Waals surface area contributed by atoms with Crippen molar-refractivity contribution in [3.63, 3.8) is 0 Å². The summed E-state index contributed by atoms with van der Waals surface area (Å²) in [5, 5.41) is 8.05. The van der Waals surface area contributed by atoms with Crippen molar-refractivity contribution in [2.75, 3.05) is 33.2 Å². The van der Waals surface area contributed by atoms with Crippen LogP contribution in [0.3, 0.4) is 0 Å². The molecular weight excluding hydrogens is 318 g/mol. The highest BCUT2D eigenvalue weighted by Crippen LogP contribution is 2.21. The zero-order valence-electron chi connectivity index (χ0n) is 12.8. The molecule has 1 N–H and O–H groups in total. The third-order valence-corrected chi connectivity index (χ3v) is 4.80. The molecule has 2 heterocycles. The van der Waals surface area contributed by atoms with Crippen molar-refractivity contribution in [3.8, 4) is 5.69 Å². The normalized spacial score (nSPS) is 17.0. The first kappa shape index (κ1) is 15.7. The Kier molecular flexibility index (Phi) is 4.63. The lowest BCUT2D eigenvalue weighted by Crippen LogP contribution is -2.44. The Morgan fingerprint density at radius 2 is 2.00 bits per heavy atom. The lowest BCUT2D eigenvalue weighted by Gasteiger charge is -2.31. The van der Waals surface area contributed by atoms with Crippen LogP contribution in [0.5, 0.6) is 0 Å². The quantitative estimate of drug-likeness (QED) is 0.874. The van der Waals surface area contributed by atoms with E-state index < -0.39 is 0 Å². The first-order valence-electron chi connectivity index (χ1n) is 7.38. The van der Waals surface area contributed by atoms with Gasteiger partial charge in [0.2, 0.25) is 0 Å². The summed E-state index contributed by atoms with van der Waals surface area (Å²) >= 11 is 11.6. The Morgan fingerprint density at radius 1 is 1.27 bits per heavy atom. The van der Waals surface area contributed by atoms with E-state index in [2.05, 4.69) is 27.0 Å². The molecule has 118 valence electrons. The molecule has 0 unspecified atom stereocenters. The average molecular weight is 338 g/mol. The van der Waals surface area contributed by atoms with E-state index in [-0.39, 0.29) is 0 Å². The Hall–Kier alpha value is -1.21. The molecule has 2 aromatic rings. The monoisotopic (exact) mass is 337 g/mol. The smallest absolute Gasteiger partial charge is 0.199 e. The first-order valence-corrected chi connectivity index (χ1v) is 8.17. The van der Waals surface area contributed by atoms with Crippen LogP contribution in [0, 0.1) is 11.7 Å². The van der Waals surface area contributed by atoms with E-state index >= 15 is 0 Å². The van der Waals surface area contributed by atoms with Crippen molar-refractivity contribution in [2.24, 2.45) is 0 Å². The summed E-state index contributed by atoms with van der Waals surface area (Å²) in [5.74, 6) is 0.925. The summed E-state index contributed by atoms with van der Waals surface area (Å²) in [4.78, 5) is 4.74. The largest absolute Gasteiger partial charge is 0.304 e. The number of aryl methyl sites for hydroxylation is 1. The summed E-state index contributed by atoms with van der Waals surface area (Å²) in [5.41, 5.74) is 2.01. The number of hydrogen-bond acceptors (Lipinski definition) is 4. The number of aromatic amines is 1. The number of H-pyrrole nitrogens is 1. The minimum atomic E-state index is 0.601. The number of benzene rings is 1. The molecule has 0 atom stereocenters. The Morgan fingerprint density at radius 3 is 2.68 bits per heavy atom. The van der Waals surface area contributed by atoms with Crippen LogP contribution in [0.15, 0.2) is 18.2 Å². The lowest BCUT2D eigenvalue weighted by molar-refractivity contribution is 0.145. The van der Waals surface area contributed by atoms with Crippen LogP contribution in [0.1, 0.15) is 11.4 Å². The number of rotatable bonds is 3. The number of halogens is 1. The van der Waals surface area contributed by atoms with Crippen molar-refractivity contribution in [2.45, 2.75) is 13.5 Å². The van der Waals surface area contributed by atoms with Gasteiger partial charge in [-0.2, -0.15) is 5.10 Å². The van der Waals surface area contributed by atoms with Crippen molar-refractivity contribution >= 4 is 23.8 Å². The highest BCUT2D eigenvalue weighted by Gasteiger charge is 2.17. The van der Waals surface area contributed by atoms with Crippen LogP contribution in [0.4, 0.5) is 0 Å². The number of hydrogen-bond donors (Lipinski definition) is 1. The molecule has 0 amide bonds.